The molecule has 0 spiro atoms. The van der Waals surface area contributed by atoms with Gasteiger partial charge in [-0.2, -0.15) is 0 Å². The van der Waals surface area contributed by atoms with Crippen LogP contribution in [-0.2, 0) is 0 Å². The van der Waals surface area contributed by atoms with Crippen molar-refractivity contribution in [2.45, 2.75) is 19.8 Å². The Labute approximate surface area is 201 Å². The van der Waals surface area contributed by atoms with Gasteiger partial charge in [-0.1, -0.05) is 24.7 Å². The number of furan rings is 1. The summed E-state index contributed by atoms with van der Waals surface area (Å²) in [5.41, 5.74) is 8.18. The number of nitrogens with zero attached hydrogens (tertiary/aromatic N) is 6. The zero-order chi connectivity index (χ0) is 22.5. The Morgan fingerprint density at radius 3 is 2.48 bits per heavy atom. The molecule has 1 saturated heterocycles. The van der Waals surface area contributed by atoms with E-state index in [4.69, 9.17) is 10.2 Å². The zero-order valence-corrected chi connectivity index (χ0v) is 19.8. The Bertz CT molecular complexity index is 1090. The molecule has 0 aliphatic carbocycles. The van der Waals surface area contributed by atoms with E-state index in [-0.39, 0.29) is 18.3 Å². The number of halogens is 1. The zero-order valence-electron chi connectivity index (χ0n) is 18.2. The summed E-state index contributed by atoms with van der Waals surface area (Å²) in [6.07, 6.45) is 2.14. The predicted octanol–water partition coefficient (Wildman–Crippen LogP) is 3.96. The molecule has 2 N–H and O–H groups in total. The van der Waals surface area contributed by atoms with Crippen LogP contribution in [0.15, 0.2) is 45.8 Å². The monoisotopic (exact) mass is 491 g/mol. The van der Waals surface area contributed by atoms with Crippen LogP contribution in [0.2, 0.25) is 0 Å². The predicted molar refractivity (Wildman–Crippen MR) is 133 cm³/mol. The average molecular weight is 492 g/mol. The number of unbranched alkanes of at least 4 members (excludes halogenated alkanes) is 1. The summed E-state index contributed by atoms with van der Waals surface area (Å²) >= 11 is 1.37. The largest absolute Gasteiger partial charge is 0.433 e. The minimum Gasteiger partial charge on any atom is -0.398 e. The van der Waals surface area contributed by atoms with Gasteiger partial charge in [0.15, 0.2) is 10.8 Å². The lowest BCUT2D eigenvalue weighted by Gasteiger charge is -2.35. The van der Waals surface area contributed by atoms with Crippen LogP contribution in [0.4, 0.5) is 16.7 Å². The Morgan fingerprint density at radius 1 is 1.15 bits per heavy atom. The number of benzene rings is 1. The van der Waals surface area contributed by atoms with Crippen molar-refractivity contribution in [3.05, 3.63) is 52.1 Å². The second kappa shape index (κ2) is 11.1. The van der Waals surface area contributed by atoms with Gasteiger partial charge < -0.3 is 20.0 Å². The van der Waals surface area contributed by atoms with Gasteiger partial charge in [0.05, 0.1) is 6.07 Å². The van der Waals surface area contributed by atoms with Crippen LogP contribution < -0.4 is 15.5 Å². The van der Waals surface area contributed by atoms with Gasteiger partial charge in [0.2, 0.25) is 5.13 Å². The summed E-state index contributed by atoms with van der Waals surface area (Å²) < 4.78 is 5.23. The minimum atomic E-state index is -0.565. The molecule has 0 amide bonds. The Morgan fingerprint density at radius 2 is 1.85 bits per heavy atom. The molecule has 0 bridgehead atoms. The lowest BCUT2D eigenvalue weighted by molar-refractivity contribution is -0.401. The van der Waals surface area contributed by atoms with Gasteiger partial charge in [0.1, 0.15) is 10.8 Å². The van der Waals surface area contributed by atoms with Gasteiger partial charge in [-0.05, 0) is 36.8 Å². The molecule has 1 fully saturated rings. The van der Waals surface area contributed by atoms with Crippen LogP contribution in [0.25, 0.3) is 10.8 Å². The first-order valence-corrected chi connectivity index (χ1v) is 11.3. The lowest BCUT2D eigenvalue weighted by atomic mass is 10.1. The molecule has 1 aliphatic heterocycles. The third kappa shape index (κ3) is 5.79. The van der Waals surface area contributed by atoms with Crippen molar-refractivity contribution in [3.63, 3.8) is 0 Å². The van der Waals surface area contributed by atoms with Gasteiger partial charge in [0, 0.05) is 44.0 Å². The Hall–Kier alpha value is -3.18. The number of hydrogen-bond acceptors (Lipinski definition) is 9. The van der Waals surface area contributed by atoms with Crippen molar-refractivity contribution >= 4 is 46.3 Å². The molecule has 1 aromatic carbocycles. The smallest absolute Gasteiger partial charge is 0.398 e. The van der Waals surface area contributed by atoms with E-state index in [1.165, 1.54) is 17.4 Å². The standard InChI is InChI=1S/C21H25N7O3S.ClH/c1-2-3-10-23-19(22)15-4-6-16(7-5-15)26-11-13-27(14-12-26)21-25-24-20(32-21)17-8-9-18(31-17)28(29)30;/h4-9H,2-3,10-14H2,1H3,(H2,22,23);1H. The number of rotatable bonds is 8. The fourth-order valence-electron chi connectivity index (χ4n) is 3.43. The molecule has 0 saturated carbocycles. The molecule has 176 valence electrons. The summed E-state index contributed by atoms with van der Waals surface area (Å²) in [5, 5.41) is 20.5. The maximum absolute atomic E-state index is 10.8. The van der Waals surface area contributed by atoms with Gasteiger partial charge in [-0.3, -0.25) is 15.1 Å². The van der Waals surface area contributed by atoms with Gasteiger partial charge in [-0.15, -0.1) is 22.6 Å². The summed E-state index contributed by atoms with van der Waals surface area (Å²) in [5.74, 6) is 0.644. The SMILES string of the molecule is CCCCN=C(N)c1ccc(N2CCN(c3nnc(-c4ccc([N+](=O)[O-])o4)s3)CC2)cc1.Cl. The number of amidine groups is 1. The van der Waals surface area contributed by atoms with E-state index < -0.39 is 4.92 Å². The molecule has 1 aliphatic rings. The maximum atomic E-state index is 10.8. The van der Waals surface area contributed by atoms with Crippen LogP contribution in [-0.4, -0.2) is 53.7 Å². The number of hydrogen-bond donors (Lipinski definition) is 1. The number of aliphatic imine (C=N–C) groups is 1. The van der Waals surface area contributed by atoms with Crippen LogP contribution >= 0.6 is 23.7 Å². The minimum absolute atomic E-state index is 0. The third-order valence-corrected chi connectivity index (χ3v) is 6.27. The molecule has 0 radical (unpaired) electrons. The van der Waals surface area contributed by atoms with Crippen molar-refractivity contribution in [1.82, 2.24) is 10.2 Å². The summed E-state index contributed by atoms with van der Waals surface area (Å²) in [7, 11) is 0. The van der Waals surface area contributed by atoms with Crippen LogP contribution in [0.3, 0.4) is 0 Å². The van der Waals surface area contributed by atoms with Gasteiger partial charge in [-0.25, -0.2) is 0 Å². The second-order valence-electron chi connectivity index (χ2n) is 7.43. The molecule has 0 atom stereocenters. The molecular weight excluding hydrogens is 466 g/mol. The van der Waals surface area contributed by atoms with Crippen molar-refractivity contribution in [3.8, 4) is 10.8 Å². The van der Waals surface area contributed by atoms with E-state index in [0.717, 1.165) is 61.9 Å². The quantitative estimate of drug-likeness (QED) is 0.165. The molecule has 0 unspecified atom stereocenters. The maximum Gasteiger partial charge on any atom is 0.433 e. The Balaban J connectivity index is 0.00000306. The highest BCUT2D eigenvalue weighted by Crippen LogP contribution is 2.32. The molecule has 3 aromatic rings. The molecule has 4 rings (SSSR count). The normalized spacial score (nSPS) is 14.3. The average Bonchev–Trinajstić information content (AvgIpc) is 3.49. The Kier molecular flexibility index (Phi) is 8.23. The van der Waals surface area contributed by atoms with E-state index in [0.29, 0.717) is 16.6 Å². The van der Waals surface area contributed by atoms with Crippen molar-refractivity contribution in [1.29, 1.82) is 0 Å². The molecule has 10 nitrogen and oxygen atoms in total. The number of anilines is 2. The highest BCUT2D eigenvalue weighted by atomic mass is 35.5. The fraction of sp³-hybridized carbons (Fsp3) is 0.381. The van der Waals surface area contributed by atoms with Crippen molar-refractivity contribution < 1.29 is 9.34 Å². The summed E-state index contributed by atoms with van der Waals surface area (Å²) in [6, 6.07) is 11.1. The van der Waals surface area contributed by atoms with Gasteiger partial charge >= 0.3 is 5.88 Å². The summed E-state index contributed by atoms with van der Waals surface area (Å²) in [6.45, 7) is 6.19. The van der Waals surface area contributed by atoms with Gasteiger partial charge in [0.25, 0.3) is 0 Å². The topological polar surface area (TPSA) is 127 Å². The van der Waals surface area contributed by atoms with Crippen LogP contribution in [0, 0.1) is 10.1 Å². The molecule has 33 heavy (non-hydrogen) atoms. The highest BCUT2D eigenvalue weighted by molar-refractivity contribution is 7.18. The molecule has 3 heterocycles. The van der Waals surface area contributed by atoms with E-state index in [9.17, 15) is 10.1 Å². The molecular formula is C21H26ClN7O3S. The number of nitrogens with two attached hydrogens (primary N) is 1. The highest BCUT2D eigenvalue weighted by Gasteiger charge is 2.22. The first-order chi connectivity index (χ1) is 15.5. The van der Waals surface area contributed by atoms with Crippen LogP contribution in [0.1, 0.15) is 25.3 Å². The third-order valence-electron chi connectivity index (χ3n) is 5.27. The summed E-state index contributed by atoms with van der Waals surface area (Å²) in [4.78, 5) is 19.2. The number of aromatic nitrogens is 2. The number of nitro groups is 1. The molecule has 12 heteroatoms. The lowest BCUT2D eigenvalue weighted by Crippen LogP contribution is -2.46. The van der Waals surface area contributed by atoms with E-state index >= 15 is 0 Å². The van der Waals surface area contributed by atoms with Crippen LogP contribution in [0.5, 0.6) is 0 Å². The fourth-order valence-corrected chi connectivity index (χ4v) is 4.29. The van der Waals surface area contributed by atoms with Crippen molar-refractivity contribution in [2.24, 2.45) is 10.7 Å². The number of piperazine rings is 1. The second-order valence-corrected chi connectivity index (χ2v) is 8.38. The first-order valence-electron chi connectivity index (χ1n) is 10.5. The molecule has 2 aromatic heterocycles. The van der Waals surface area contributed by atoms with E-state index in [2.05, 4.69) is 44.0 Å². The van der Waals surface area contributed by atoms with E-state index in [1.54, 1.807) is 6.07 Å². The van der Waals surface area contributed by atoms with E-state index in [1.807, 2.05) is 12.1 Å². The first kappa shape index (κ1) is 24.5. The van der Waals surface area contributed by atoms with Crippen molar-refractivity contribution in [2.75, 3.05) is 42.5 Å².